The van der Waals surface area contributed by atoms with Crippen LogP contribution in [0.3, 0.4) is 0 Å². The van der Waals surface area contributed by atoms with Crippen LogP contribution in [0.4, 0.5) is 10.1 Å². The Hall–Kier alpha value is -1.98. The normalized spacial score (nSPS) is 20.9. The fourth-order valence-electron chi connectivity index (χ4n) is 2.16. The zero-order chi connectivity index (χ0) is 12.9. The number of tetrazole rings is 1. The van der Waals surface area contributed by atoms with Crippen molar-refractivity contribution in [2.24, 2.45) is 5.41 Å². The van der Waals surface area contributed by atoms with Gasteiger partial charge >= 0.3 is 0 Å². The molecule has 1 aliphatic rings. The van der Waals surface area contributed by atoms with Gasteiger partial charge in [-0.3, -0.25) is 0 Å². The van der Waals surface area contributed by atoms with Crippen molar-refractivity contribution in [3.8, 4) is 11.4 Å². The molecule has 0 amide bonds. The minimum Gasteiger partial charge on any atom is -0.398 e. The van der Waals surface area contributed by atoms with Gasteiger partial charge in [0.1, 0.15) is 5.82 Å². The first-order chi connectivity index (χ1) is 8.49. The van der Waals surface area contributed by atoms with Crippen LogP contribution in [0.5, 0.6) is 0 Å². The smallest absolute Gasteiger partial charge is 0.184 e. The molecule has 2 N–H and O–H groups in total. The number of halogens is 1. The number of nitrogen functional groups attached to an aromatic ring is 1. The van der Waals surface area contributed by atoms with Gasteiger partial charge < -0.3 is 5.73 Å². The van der Waals surface area contributed by atoms with Gasteiger partial charge in [-0.15, -0.1) is 5.10 Å². The predicted octanol–water partition coefficient (Wildman–Crippen LogP) is 2.03. The van der Waals surface area contributed by atoms with Crippen LogP contribution in [0.15, 0.2) is 18.2 Å². The standard InChI is InChI=1S/C12H14FN5/c1-12(2)6-10(12)18-11(15-16-17-18)8-5-7(13)3-4-9(8)14/h3-5,10H,6,14H2,1-2H3. The minimum absolute atomic E-state index is 0.187. The molecule has 1 aromatic heterocycles. The van der Waals surface area contributed by atoms with E-state index in [1.54, 1.807) is 4.68 Å². The first-order valence-electron chi connectivity index (χ1n) is 5.82. The monoisotopic (exact) mass is 247 g/mol. The molecule has 1 unspecified atom stereocenters. The lowest BCUT2D eigenvalue weighted by atomic mass is 10.1. The van der Waals surface area contributed by atoms with Gasteiger partial charge in [0.05, 0.1) is 6.04 Å². The molecule has 1 heterocycles. The molecule has 0 bridgehead atoms. The average Bonchev–Trinajstić information content (AvgIpc) is 2.77. The largest absolute Gasteiger partial charge is 0.398 e. The van der Waals surface area contributed by atoms with E-state index >= 15 is 0 Å². The molecule has 1 aliphatic carbocycles. The first kappa shape index (κ1) is 11.1. The van der Waals surface area contributed by atoms with Crippen molar-refractivity contribution in [1.29, 1.82) is 0 Å². The molecule has 0 aliphatic heterocycles. The molecular formula is C12H14FN5. The van der Waals surface area contributed by atoms with Crippen LogP contribution in [-0.2, 0) is 0 Å². The van der Waals surface area contributed by atoms with E-state index in [-0.39, 0.29) is 17.3 Å². The fourth-order valence-corrected chi connectivity index (χ4v) is 2.16. The SMILES string of the molecule is CC1(C)CC1n1nnnc1-c1cc(F)ccc1N. The van der Waals surface area contributed by atoms with Crippen molar-refractivity contribution in [3.05, 3.63) is 24.0 Å². The molecule has 1 saturated carbocycles. The molecule has 3 rings (SSSR count). The molecule has 0 saturated heterocycles. The van der Waals surface area contributed by atoms with Crippen LogP contribution in [0.1, 0.15) is 26.3 Å². The zero-order valence-corrected chi connectivity index (χ0v) is 10.3. The minimum atomic E-state index is -0.344. The lowest BCUT2D eigenvalue weighted by molar-refractivity contribution is 0.497. The molecule has 1 fully saturated rings. The second-order valence-corrected chi connectivity index (χ2v) is 5.39. The summed E-state index contributed by atoms with van der Waals surface area (Å²) in [5, 5.41) is 11.6. The summed E-state index contributed by atoms with van der Waals surface area (Å²) < 4.78 is 15.0. The Morgan fingerprint density at radius 1 is 1.44 bits per heavy atom. The number of nitrogens with two attached hydrogens (primary N) is 1. The molecule has 18 heavy (non-hydrogen) atoms. The van der Waals surface area contributed by atoms with Crippen molar-refractivity contribution in [3.63, 3.8) is 0 Å². The van der Waals surface area contributed by atoms with Gasteiger partial charge in [0, 0.05) is 11.3 Å². The van der Waals surface area contributed by atoms with E-state index in [9.17, 15) is 4.39 Å². The summed E-state index contributed by atoms with van der Waals surface area (Å²) in [5.41, 5.74) is 7.07. The molecule has 1 atom stereocenters. The van der Waals surface area contributed by atoms with Gasteiger partial charge in [-0.25, -0.2) is 9.07 Å². The van der Waals surface area contributed by atoms with Gasteiger partial charge in [-0.1, -0.05) is 13.8 Å². The van der Waals surface area contributed by atoms with Gasteiger partial charge in [0.25, 0.3) is 0 Å². The highest BCUT2D eigenvalue weighted by Gasteiger charge is 2.49. The second kappa shape index (κ2) is 3.51. The van der Waals surface area contributed by atoms with Crippen LogP contribution in [0, 0.1) is 11.2 Å². The van der Waals surface area contributed by atoms with Gasteiger partial charge in [-0.2, -0.15) is 0 Å². The molecule has 1 aromatic carbocycles. The van der Waals surface area contributed by atoms with E-state index in [1.165, 1.54) is 18.2 Å². The third-order valence-corrected chi connectivity index (χ3v) is 3.51. The fraction of sp³-hybridized carbons (Fsp3) is 0.417. The van der Waals surface area contributed by atoms with Gasteiger partial charge in [-0.05, 0) is 40.5 Å². The van der Waals surface area contributed by atoms with E-state index in [2.05, 4.69) is 29.4 Å². The van der Waals surface area contributed by atoms with Crippen LogP contribution < -0.4 is 5.73 Å². The summed E-state index contributed by atoms with van der Waals surface area (Å²) in [5.74, 6) is 0.186. The Morgan fingerprint density at radius 2 is 2.17 bits per heavy atom. The molecular weight excluding hydrogens is 233 g/mol. The van der Waals surface area contributed by atoms with Crippen molar-refractivity contribution < 1.29 is 4.39 Å². The maximum Gasteiger partial charge on any atom is 0.184 e. The first-order valence-corrected chi connectivity index (χ1v) is 5.82. The van der Waals surface area contributed by atoms with E-state index in [4.69, 9.17) is 5.73 Å². The average molecular weight is 247 g/mol. The Balaban J connectivity index is 2.08. The van der Waals surface area contributed by atoms with Crippen LogP contribution in [0.25, 0.3) is 11.4 Å². The maximum absolute atomic E-state index is 13.3. The zero-order valence-electron chi connectivity index (χ0n) is 10.3. The Labute approximate surface area is 104 Å². The van der Waals surface area contributed by atoms with Crippen molar-refractivity contribution >= 4 is 5.69 Å². The number of nitrogens with zero attached hydrogens (tertiary/aromatic N) is 4. The number of aromatic nitrogens is 4. The maximum atomic E-state index is 13.3. The quantitative estimate of drug-likeness (QED) is 0.824. The van der Waals surface area contributed by atoms with Crippen molar-refractivity contribution in [2.45, 2.75) is 26.3 Å². The summed E-state index contributed by atoms with van der Waals surface area (Å²) in [4.78, 5) is 0. The summed E-state index contributed by atoms with van der Waals surface area (Å²) in [6, 6.07) is 4.48. The topological polar surface area (TPSA) is 69.6 Å². The molecule has 5 nitrogen and oxygen atoms in total. The van der Waals surface area contributed by atoms with Crippen molar-refractivity contribution in [1.82, 2.24) is 20.2 Å². The summed E-state index contributed by atoms with van der Waals surface area (Å²) in [6.07, 6.45) is 1.01. The number of benzene rings is 1. The summed E-state index contributed by atoms with van der Waals surface area (Å²) in [7, 11) is 0. The molecule has 94 valence electrons. The number of hydrogen-bond donors (Lipinski definition) is 1. The second-order valence-electron chi connectivity index (χ2n) is 5.39. The van der Waals surface area contributed by atoms with Crippen LogP contribution in [-0.4, -0.2) is 20.2 Å². The lowest BCUT2D eigenvalue weighted by Gasteiger charge is -2.08. The van der Waals surface area contributed by atoms with E-state index < -0.39 is 0 Å². The summed E-state index contributed by atoms with van der Waals surface area (Å²) in [6.45, 7) is 4.30. The Kier molecular flexibility index (Phi) is 2.17. The highest BCUT2D eigenvalue weighted by atomic mass is 19.1. The van der Waals surface area contributed by atoms with E-state index in [1.807, 2.05) is 0 Å². The van der Waals surface area contributed by atoms with E-state index in [0.717, 1.165) is 6.42 Å². The number of hydrogen-bond acceptors (Lipinski definition) is 4. The number of rotatable bonds is 2. The Morgan fingerprint density at radius 3 is 2.83 bits per heavy atom. The predicted molar refractivity (Wildman–Crippen MR) is 65.1 cm³/mol. The van der Waals surface area contributed by atoms with Gasteiger partial charge in [0.2, 0.25) is 0 Å². The lowest BCUT2D eigenvalue weighted by Crippen LogP contribution is -2.06. The Bertz CT molecular complexity index is 604. The highest BCUT2D eigenvalue weighted by Crippen LogP contribution is 2.55. The van der Waals surface area contributed by atoms with E-state index in [0.29, 0.717) is 17.1 Å². The third-order valence-electron chi connectivity index (χ3n) is 3.51. The molecule has 2 aromatic rings. The van der Waals surface area contributed by atoms with Crippen molar-refractivity contribution in [2.75, 3.05) is 5.73 Å². The van der Waals surface area contributed by atoms with Gasteiger partial charge in [0.15, 0.2) is 5.82 Å². The highest BCUT2D eigenvalue weighted by molar-refractivity contribution is 5.71. The van der Waals surface area contributed by atoms with Crippen LogP contribution in [0.2, 0.25) is 0 Å². The summed E-state index contributed by atoms with van der Waals surface area (Å²) >= 11 is 0. The molecule has 0 spiro atoms. The van der Waals surface area contributed by atoms with Crippen LogP contribution >= 0.6 is 0 Å². The molecule has 0 radical (unpaired) electrons. The molecule has 6 heteroatoms. The third kappa shape index (κ3) is 1.64. The number of anilines is 1.